The van der Waals surface area contributed by atoms with Crippen molar-refractivity contribution < 1.29 is 9.59 Å². The lowest BCUT2D eigenvalue weighted by molar-refractivity contribution is -0.123. The summed E-state index contributed by atoms with van der Waals surface area (Å²) in [5.74, 6) is 0.227. The van der Waals surface area contributed by atoms with E-state index in [0.717, 1.165) is 24.2 Å². The van der Waals surface area contributed by atoms with Crippen molar-refractivity contribution >= 4 is 40.2 Å². The highest BCUT2D eigenvalue weighted by Crippen LogP contribution is 2.34. The topological polar surface area (TPSA) is 43.9 Å². The van der Waals surface area contributed by atoms with Crippen molar-refractivity contribution in [2.45, 2.75) is 12.0 Å². The first-order chi connectivity index (χ1) is 11.6. The van der Waals surface area contributed by atoms with E-state index < -0.39 is 0 Å². The molecule has 4 heterocycles. The highest BCUT2D eigenvalue weighted by molar-refractivity contribution is 7.08. The lowest BCUT2D eigenvalue weighted by atomic mass is 9.93. The summed E-state index contributed by atoms with van der Waals surface area (Å²) in [4.78, 5) is 31.1. The van der Waals surface area contributed by atoms with E-state index >= 15 is 0 Å². The summed E-state index contributed by atoms with van der Waals surface area (Å²) in [5.41, 5.74) is 1.59. The van der Waals surface area contributed by atoms with E-state index in [0.29, 0.717) is 19.6 Å². The van der Waals surface area contributed by atoms with Crippen LogP contribution in [0.5, 0.6) is 0 Å². The molecule has 0 saturated carbocycles. The standard InChI is InChI=1S/C17H19N3O2S2/c1-18-8-15(21)20(14-3-7-24-10-14)12-17(18)4-5-19(11-17)16(22)13-2-6-23-9-13/h2-3,6-7,9-10H,4-5,8,11-12H2,1H3/t17-/m1/s1. The van der Waals surface area contributed by atoms with Crippen molar-refractivity contribution in [3.8, 4) is 0 Å². The van der Waals surface area contributed by atoms with Gasteiger partial charge in [0.1, 0.15) is 0 Å². The van der Waals surface area contributed by atoms with E-state index in [-0.39, 0.29) is 17.4 Å². The summed E-state index contributed by atoms with van der Waals surface area (Å²) in [5, 5.41) is 7.84. The molecule has 2 aromatic rings. The van der Waals surface area contributed by atoms with E-state index in [4.69, 9.17) is 0 Å². The first-order valence-corrected chi connectivity index (χ1v) is 9.83. The molecular formula is C17H19N3O2S2. The maximum Gasteiger partial charge on any atom is 0.254 e. The Kier molecular flexibility index (Phi) is 3.94. The lowest BCUT2D eigenvalue weighted by Crippen LogP contribution is -2.64. The molecule has 1 atom stereocenters. The van der Waals surface area contributed by atoms with Gasteiger partial charge in [-0.15, -0.1) is 0 Å². The van der Waals surface area contributed by atoms with Gasteiger partial charge in [-0.05, 0) is 36.4 Å². The normalized spacial score (nSPS) is 25.0. The molecule has 2 amide bonds. The molecule has 0 aliphatic carbocycles. The van der Waals surface area contributed by atoms with Crippen LogP contribution in [-0.4, -0.2) is 60.4 Å². The van der Waals surface area contributed by atoms with Gasteiger partial charge in [0.15, 0.2) is 0 Å². The summed E-state index contributed by atoms with van der Waals surface area (Å²) in [7, 11) is 2.00. The zero-order chi connectivity index (χ0) is 16.7. The van der Waals surface area contributed by atoms with E-state index in [2.05, 4.69) is 4.90 Å². The fourth-order valence-corrected chi connectivity index (χ4v) is 4.92. The van der Waals surface area contributed by atoms with Gasteiger partial charge in [0.25, 0.3) is 5.91 Å². The molecule has 0 unspecified atom stereocenters. The molecule has 0 aromatic carbocycles. The smallest absolute Gasteiger partial charge is 0.254 e. The van der Waals surface area contributed by atoms with Crippen molar-refractivity contribution in [2.24, 2.45) is 0 Å². The van der Waals surface area contributed by atoms with Crippen LogP contribution in [0.15, 0.2) is 33.7 Å². The highest BCUT2D eigenvalue weighted by Gasteiger charge is 2.48. The Bertz CT molecular complexity index is 744. The number of hydrogen-bond donors (Lipinski definition) is 0. The van der Waals surface area contributed by atoms with Crippen molar-refractivity contribution in [2.75, 3.05) is 38.1 Å². The zero-order valence-electron chi connectivity index (χ0n) is 13.5. The fourth-order valence-electron chi connectivity index (χ4n) is 3.64. The molecule has 0 radical (unpaired) electrons. The molecule has 2 saturated heterocycles. The van der Waals surface area contributed by atoms with E-state index in [1.165, 1.54) is 0 Å². The molecule has 1 spiro atoms. The van der Waals surface area contributed by atoms with Crippen molar-refractivity contribution in [3.05, 3.63) is 39.2 Å². The summed E-state index contributed by atoms with van der Waals surface area (Å²) >= 11 is 3.14. The maximum absolute atomic E-state index is 12.7. The number of carbonyl (C=O) groups excluding carboxylic acids is 2. The van der Waals surface area contributed by atoms with Gasteiger partial charge < -0.3 is 9.80 Å². The number of likely N-dealkylation sites (N-methyl/N-ethyl adjacent to an activating group) is 1. The summed E-state index contributed by atoms with van der Waals surface area (Å²) in [6.07, 6.45) is 0.896. The zero-order valence-corrected chi connectivity index (χ0v) is 15.1. The summed E-state index contributed by atoms with van der Waals surface area (Å²) in [6.45, 7) is 2.46. The molecule has 0 N–H and O–H groups in total. The summed E-state index contributed by atoms with van der Waals surface area (Å²) in [6, 6.07) is 3.87. The minimum Gasteiger partial charge on any atom is -0.337 e. The molecular weight excluding hydrogens is 342 g/mol. The average molecular weight is 361 g/mol. The van der Waals surface area contributed by atoms with Crippen molar-refractivity contribution in [1.82, 2.24) is 9.80 Å². The third kappa shape index (κ3) is 2.56. The lowest BCUT2D eigenvalue weighted by Gasteiger charge is -2.46. The van der Waals surface area contributed by atoms with Gasteiger partial charge in [0, 0.05) is 30.4 Å². The Morgan fingerprint density at radius 1 is 1.17 bits per heavy atom. The Balaban J connectivity index is 1.56. The first kappa shape index (κ1) is 15.8. The molecule has 2 aromatic heterocycles. The Labute approximate surface area is 149 Å². The number of rotatable bonds is 2. The van der Waals surface area contributed by atoms with E-state index in [1.807, 2.05) is 50.5 Å². The second kappa shape index (κ2) is 5.98. The maximum atomic E-state index is 12.7. The molecule has 24 heavy (non-hydrogen) atoms. The predicted octanol–water partition coefficient (Wildman–Crippen LogP) is 2.37. The molecule has 0 bridgehead atoms. The number of thiophene rings is 2. The van der Waals surface area contributed by atoms with Crippen LogP contribution in [0.25, 0.3) is 0 Å². The number of piperazine rings is 1. The first-order valence-electron chi connectivity index (χ1n) is 7.94. The number of likely N-dealkylation sites (tertiary alicyclic amines) is 1. The number of hydrogen-bond acceptors (Lipinski definition) is 5. The van der Waals surface area contributed by atoms with Gasteiger partial charge in [-0.3, -0.25) is 14.5 Å². The molecule has 2 aliphatic rings. The number of anilines is 1. The SMILES string of the molecule is CN1CC(=O)N(c2ccsc2)C[C@]12CCN(C(=O)c1ccsc1)C2. The van der Waals surface area contributed by atoms with Gasteiger partial charge >= 0.3 is 0 Å². The average Bonchev–Trinajstić information content (AvgIpc) is 3.32. The monoisotopic (exact) mass is 361 g/mol. The van der Waals surface area contributed by atoms with Crippen LogP contribution in [0.2, 0.25) is 0 Å². The van der Waals surface area contributed by atoms with Crippen LogP contribution < -0.4 is 4.90 Å². The molecule has 126 valence electrons. The second-order valence-electron chi connectivity index (χ2n) is 6.53. The van der Waals surface area contributed by atoms with Crippen molar-refractivity contribution in [3.63, 3.8) is 0 Å². The number of carbonyl (C=O) groups is 2. The van der Waals surface area contributed by atoms with Gasteiger partial charge in [0.05, 0.1) is 23.3 Å². The Morgan fingerprint density at radius 3 is 2.67 bits per heavy atom. The van der Waals surface area contributed by atoms with Crippen LogP contribution >= 0.6 is 22.7 Å². The van der Waals surface area contributed by atoms with Crippen molar-refractivity contribution in [1.29, 1.82) is 0 Å². The minimum absolute atomic E-state index is 0.0977. The van der Waals surface area contributed by atoms with E-state index in [1.54, 1.807) is 22.7 Å². The van der Waals surface area contributed by atoms with Crippen LogP contribution in [-0.2, 0) is 4.79 Å². The molecule has 2 aliphatic heterocycles. The van der Waals surface area contributed by atoms with Crippen LogP contribution in [0.1, 0.15) is 16.8 Å². The molecule has 2 fully saturated rings. The predicted molar refractivity (Wildman–Crippen MR) is 96.9 cm³/mol. The summed E-state index contributed by atoms with van der Waals surface area (Å²) < 4.78 is 0. The Morgan fingerprint density at radius 2 is 1.96 bits per heavy atom. The van der Waals surface area contributed by atoms with Crippen LogP contribution in [0.3, 0.4) is 0 Å². The third-order valence-electron chi connectivity index (χ3n) is 5.14. The molecule has 5 nitrogen and oxygen atoms in total. The minimum atomic E-state index is -0.151. The highest BCUT2D eigenvalue weighted by atomic mass is 32.1. The van der Waals surface area contributed by atoms with Gasteiger partial charge in [-0.25, -0.2) is 0 Å². The fraction of sp³-hybridized carbons (Fsp3) is 0.412. The quantitative estimate of drug-likeness (QED) is 0.825. The van der Waals surface area contributed by atoms with Crippen LogP contribution in [0, 0.1) is 0 Å². The van der Waals surface area contributed by atoms with Gasteiger partial charge in [0.2, 0.25) is 5.91 Å². The Hall–Kier alpha value is -1.70. The van der Waals surface area contributed by atoms with E-state index in [9.17, 15) is 9.59 Å². The number of amides is 2. The molecule has 4 rings (SSSR count). The van der Waals surface area contributed by atoms with Gasteiger partial charge in [-0.1, -0.05) is 0 Å². The second-order valence-corrected chi connectivity index (χ2v) is 8.09. The van der Waals surface area contributed by atoms with Crippen LogP contribution in [0.4, 0.5) is 5.69 Å². The molecule has 7 heteroatoms. The number of nitrogens with zero attached hydrogens (tertiary/aromatic N) is 3. The van der Waals surface area contributed by atoms with Gasteiger partial charge in [-0.2, -0.15) is 22.7 Å². The largest absolute Gasteiger partial charge is 0.337 e. The third-order valence-corrected chi connectivity index (χ3v) is 6.50.